The largest absolute Gasteiger partial charge is 0.392 e. The van der Waals surface area contributed by atoms with Gasteiger partial charge in [0.25, 0.3) is 0 Å². The maximum Gasteiger partial charge on any atom is 0.0693 e. The highest BCUT2D eigenvalue weighted by atomic mass is 16.3. The van der Waals surface area contributed by atoms with Crippen LogP contribution in [0.15, 0.2) is 0 Å². The summed E-state index contributed by atoms with van der Waals surface area (Å²) < 4.78 is 0. The molecule has 2 atom stereocenters. The molecule has 0 heterocycles. The Balaban J connectivity index is 1.53. The third-order valence-corrected chi connectivity index (χ3v) is 3.62. The molecule has 2 rings (SSSR count). The molecule has 2 heteroatoms. The lowest BCUT2D eigenvalue weighted by atomic mass is 9.92. The highest BCUT2D eigenvalue weighted by Gasteiger charge is 2.23. The fraction of sp³-hybridized carbons (Fsp3) is 1.00. The lowest BCUT2D eigenvalue weighted by molar-refractivity contribution is 0.0909. The quantitative estimate of drug-likeness (QED) is 0.661. The molecule has 2 saturated carbocycles. The van der Waals surface area contributed by atoms with Crippen LogP contribution < -0.4 is 5.32 Å². The summed E-state index contributed by atoms with van der Waals surface area (Å²) in [7, 11) is 0. The molecule has 0 saturated heterocycles. The molecule has 2 N–H and O–H groups in total. The molecular formula is C12H23NO. The van der Waals surface area contributed by atoms with Gasteiger partial charge >= 0.3 is 0 Å². The Morgan fingerprint density at radius 2 is 1.86 bits per heavy atom. The first kappa shape index (κ1) is 10.4. The second-order valence-electron chi connectivity index (χ2n) is 5.00. The van der Waals surface area contributed by atoms with Gasteiger partial charge in [-0.25, -0.2) is 0 Å². The van der Waals surface area contributed by atoms with E-state index in [4.69, 9.17) is 0 Å². The van der Waals surface area contributed by atoms with Crippen molar-refractivity contribution < 1.29 is 5.11 Å². The van der Waals surface area contributed by atoms with E-state index in [-0.39, 0.29) is 6.10 Å². The maximum atomic E-state index is 9.73. The van der Waals surface area contributed by atoms with Crippen molar-refractivity contribution in [2.45, 2.75) is 63.5 Å². The summed E-state index contributed by atoms with van der Waals surface area (Å²) >= 11 is 0. The van der Waals surface area contributed by atoms with Crippen LogP contribution in [0.1, 0.15) is 51.4 Å². The summed E-state index contributed by atoms with van der Waals surface area (Å²) in [5.41, 5.74) is 0. The molecule has 2 aliphatic rings. The topological polar surface area (TPSA) is 32.3 Å². The fourth-order valence-electron chi connectivity index (χ4n) is 2.43. The van der Waals surface area contributed by atoms with Gasteiger partial charge in [-0.05, 0) is 38.1 Å². The molecule has 0 aromatic rings. The Labute approximate surface area is 87.1 Å². The van der Waals surface area contributed by atoms with E-state index in [1.807, 2.05) is 0 Å². The molecule has 14 heavy (non-hydrogen) atoms. The van der Waals surface area contributed by atoms with E-state index in [2.05, 4.69) is 5.32 Å². The second kappa shape index (κ2) is 5.13. The van der Waals surface area contributed by atoms with Crippen LogP contribution in [-0.4, -0.2) is 23.8 Å². The minimum Gasteiger partial charge on any atom is -0.392 e. The van der Waals surface area contributed by atoms with E-state index < -0.39 is 0 Å². The molecule has 2 fully saturated rings. The van der Waals surface area contributed by atoms with Crippen LogP contribution in [0, 0.1) is 5.92 Å². The van der Waals surface area contributed by atoms with E-state index in [1.54, 1.807) is 0 Å². The Morgan fingerprint density at radius 3 is 2.57 bits per heavy atom. The van der Waals surface area contributed by atoms with Gasteiger partial charge in [-0.3, -0.25) is 0 Å². The van der Waals surface area contributed by atoms with E-state index >= 15 is 0 Å². The minimum atomic E-state index is -0.0790. The van der Waals surface area contributed by atoms with Crippen molar-refractivity contribution in [1.29, 1.82) is 0 Å². The predicted molar refractivity (Wildman–Crippen MR) is 58.2 cm³/mol. The number of rotatable bonds is 5. The van der Waals surface area contributed by atoms with Crippen molar-refractivity contribution in [3.63, 3.8) is 0 Å². The Bertz CT molecular complexity index is 168. The van der Waals surface area contributed by atoms with Crippen LogP contribution in [0.5, 0.6) is 0 Å². The molecule has 0 aliphatic heterocycles. The summed E-state index contributed by atoms with van der Waals surface area (Å²) in [5, 5.41) is 13.2. The molecule has 2 aliphatic carbocycles. The van der Waals surface area contributed by atoms with Crippen molar-refractivity contribution in [3.8, 4) is 0 Å². The van der Waals surface area contributed by atoms with E-state index in [9.17, 15) is 5.11 Å². The Morgan fingerprint density at radius 1 is 1.07 bits per heavy atom. The third kappa shape index (κ3) is 3.25. The highest BCUT2D eigenvalue weighted by molar-refractivity contribution is 4.80. The normalized spacial score (nSPS) is 33.2. The predicted octanol–water partition coefficient (Wildman–Crippen LogP) is 2.07. The summed E-state index contributed by atoms with van der Waals surface area (Å²) in [4.78, 5) is 0. The van der Waals surface area contributed by atoms with E-state index in [0.717, 1.165) is 18.9 Å². The standard InChI is InChI=1S/C12H23NO/c14-12-6-2-1-5-11(12)13-9-3-4-10-7-8-10/h10-14H,1-9H2. The van der Waals surface area contributed by atoms with Crippen molar-refractivity contribution in [3.05, 3.63) is 0 Å². The highest BCUT2D eigenvalue weighted by Crippen LogP contribution is 2.33. The van der Waals surface area contributed by atoms with Crippen LogP contribution in [0.4, 0.5) is 0 Å². The van der Waals surface area contributed by atoms with Crippen LogP contribution in [-0.2, 0) is 0 Å². The van der Waals surface area contributed by atoms with Gasteiger partial charge in [0.2, 0.25) is 0 Å². The third-order valence-electron chi connectivity index (χ3n) is 3.62. The van der Waals surface area contributed by atoms with Gasteiger partial charge in [0.15, 0.2) is 0 Å². The molecular weight excluding hydrogens is 174 g/mol. The minimum absolute atomic E-state index is 0.0790. The van der Waals surface area contributed by atoms with Crippen molar-refractivity contribution in [1.82, 2.24) is 5.32 Å². The monoisotopic (exact) mass is 197 g/mol. The number of aliphatic hydroxyl groups excluding tert-OH is 1. The Hall–Kier alpha value is -0.0800. The SMILES string of the molecule is OC1CCCCC1NCCCC1CC1. The van der Waals surface area contributed by atoms with Gasteiger partial charge in [0, 0.05) is 6.04 Å². The van der Waals surface area contributed by atoms with Gasteiger partial charge in [-0.2, -0.15) is 0 Å². The summed E-state index contributed by atoms with van der Waals surface area (Å²) in [6.07, 6.45) is 10.2. The summed E-state index contributed by atoms with van der Waals surface area (Å²) in [5.74, 6) is 1.05. The number of aliphatic hydroxyl groups is 1. The Kier molecular flexibility index (Phi) is 3.82. The molecule has 2 nitrogen and oxygen atoms in total. The van der Waals surface area contributed by atoms with Crippen LogP contribution >= 0.6 is 0 Å². The maximum absolute atomic E-state index is 9.73. The first-order chi connectivity index (χ1) is 6.86. The molecule has 0 bridgehead atoms. The molecule has 2 unspecified atom stereocenters. The summed E-state index contributed by atoms with van der Waals surface area (Å²) in [6, 6.07) is 0.392. The van der Waals surface area contributed by atoms with Gasteiger partial charge in [0.05, 0.1) is 6.10 Å². The van der Waals surface area contributed by atoms with Gasteiger partial charge < -0.3 is 10.4 Å². The average Bonchev–Trinajstić information content (AvgIpc) is 2.99. The fourth-order valence-corrected chi connectivity index (χ4v) is 2.43. The zero-order valence-corrected chi connectivity index (χ0v) is 9.04. The van der Waals surface area contributed by atoms with E-state index in [0.29, 0.717) is 6.04 Å². The zero-order valence-electron chi connectivity index (χ0n) is 9.04. The second-order valence-corrected chi connectivity index (χ2v) is 5.00. The van der Waals surface area contributed by atoms with E-state index in [1.165, 1.54) is 44.9 Å². The lowest BCUT2D eigenvalue weighted by Crippen LogP contribution is -2.42. The van der Waals surface area contributed by atoms with Crippen molar-refractivity contribution in [2.24, 2.45) is 5.92 Å². The van der Waals surface area contributed by atoms with Crippen molar-refractivity contribution >= 4 is 0 Å². The molecule has 0 spiro atoms. The zero-order chi connectivity index (χ0) is 9.80. The summed E-state index contributed by atoms with van der Waals surface area (Å²) in [6.45, 7) is 1.11. The number of nitrogens with one attached hydrogen (secondary N) is 1. The molecule has 0 radical (unpaired) electrons. The van der Waals surface area contributed by atoms with Gasteiger partial charge in [-0.15, -0.1) is 0 Å². The first-order valence-electron chi connectivity index (χ1n) is 6.28. The molecule has 82 valence electrons. The smallest absolute Gasteiger partial charge is 0.0693 e. The lowest BCUT2D eigenvalue weighted by Gasteiger charge is -2.28. The van der Waals surface area contributed by atoms with Gasteiger partial charge in [-0.1, -0.05) is 25.7 Å². The number of hydrogen-bond donors (Lipinski definition) is 2. The van der Waals surface area contributed by atoms with Crippen LogP contribution in [0.2, 0.25) is 0 Å². The molecule has 0 aromatic carbocycles. The average molecular weight is 197 g/mol. The van der Waals surface area contributed by atoms with Crippen LogP contribution in [0.25, 0.3) is 0 Å². The van der Waals surface area contributed by atoms with Crippen LogP contribution in [0.3, 0.4) is 0 Å². The van der Waals surface area contributed by atoms with Gasteiger partial charge in [0.1, 0.15) is 0 Å². The molecule has 0 aromatic heterocycles. The number of hydrogen-bond acceptors (Lipinski definition) is 2. The van der Waals surface area contributed by atoms with Crippen molar-refractivity contribution in [2.75, 3.05) is 6.54 Å². The molecule has 0 amide bonds. The first-order valence-corrected chi connectivity index (χ1v) is 6.28.